The van der Waals surface area contributed by atoms with Gasteiger partial charge in [0.2, 0.25) is 0 Å². The normalized spacial score (nSPS) is 41.3. The van der Waals surface area contributed by atoms with Crippen LogP contribution in [0.15, 0.2) is 138 Å². The van der Waals surface area contributed by atoms with Crippen molar-refractivity contribution in [2.24, 2.45) is 80.3 Å². The van der Waals surface area contributed by atoms with Crippen LogP contribution in [0.5, 0.6) is 0 Å². The van der Waals surface area contributed by atoms with Crippen LogP contribution in [-0.2, 0) is 4.79 Å². The van der Waals surface area contributed by atoms with Gasteiger partial charge in [-0.05, 0) is 179 Å². The topological polar surface area (TPSA) is 102 Å². The maximum atomic E-state index is 14.6. The van der Waals surface area contributed by atoms with E-state index in [0.29, 0.717) is 43.9 Å². The van der Waals surface area contributed by atoms with Crippen molar-refractivity contribution >= 4 is 35.3 Å². The number of allylic oxidation sites excluding steroid dienone is 9. The summed E-state index contributed by atoms with van der Waals surface area (Å²) in [5.41, 5.74) is 8.90. The van der Waals surface area contributed by atoms with Crippen LogP contribution in [0.3, 0.4) is 0 Å². The van der Waals surface area contributed by atoms with E-state index in [1.807, 2.05) is 0 Å². The molecule has 0 aromatic heterocycles. The molecule has 4 fully saturated rings. The van der Waals surface area contributed by atoms with Gasteiger partial charge in [-0.15, -0.1) is 11.8 Å². The Morgan fingerprint density at radius 2 is 1.67 bits per heavy atom. The zero-order chi connectivity index (χ0) is 54.6. The zero-order valence-electron chi connectivity index (χ0n) is 47.6. The van der Waals surface area contributed by atoms with Crippen LogP contribution >= 0.6 is 0 Å². The maximum absolute atomic E-state index is 14.6. The number of carboxylic acid groups (broad SMARTS) is 1. The van der Waals surface area contributed by atoms with Gasteiger partial charge < -0.3 is 26.0 Å². The van der Waals surface area contributed by atoms with Crippen LogP contribution in [0.4, 0.5) is 0 Å². The lowest BCUT2D eigenvalue weighted by atomic mass is 9.28. The summed E-state index contributed by atoms with van der Waals surface area (Å²) in [7, 11) is 0. The number of benzene rings is 3. The van der Waals surface area contributed by atoms with Crippen LogP contribution in [0.1, 0.15) is 140 Å². The van der Waals surface area contributed by atoms with E-state index >= 15 is 0 Å². The minimum Gasteiger partial charge on any atom is -0.481 e. The molecule has 416 valence electrons. The Balaban J connectivity index is 0.953. The number of carbonyl (C=O) groups is 1. The number of nitrogens with one attached hydrogen (secondary N) is 2. The van der Waals surface area contributed by atoms with E-state index in [1.54, 1.807) is 11.1 Å². The highest BCUT2D eigenvalue weighted by Gasteiger charge is 2.79. The summed E-state index contributed by atoms with van der Waals surface area (Å²) >= 11 is 0. The van der Waals surface area contributed by atoms with Gasteiger partial charge in [0.1, 0.15) is 0 Å². The van der Waals surface area contributed by atoms with Crippen LogP contribution in [0.25, 0.3) is 29.4 Å². The van der Waals surface area contributed by atoms with E-state index in [1.165, 1.54) is 86.4 Å². The van der Waals surface area contributed by atoms with Crippen molar-refractivity contribution in [2.75, 3.05) is 13.1 Å². The van der Waals surface area contributed by atoms with Crippen molar-refractivity contribution < 1.29 is 20.1 Å². The molecule has 5 N–H and O–H groups in total. The third kappa shape index (κ3) is 7.04. The fraction of sp³-hybridized carbons (Fsp3) is 0.507. The number of dihydropyridines is 1. The van der Waals surface area contributed by atoms with Gasteiger partial charge in [-0.1, -0.05) is 165 Å². The summed E-state index contributed by atoms with van der Waals surface area (Å²) in [6.07, 6.45) is 35.6. The fourth-order valence-corrected chi connectivity index (χ4v) is 22.6. The molecule has 4 saturated carbocycles. The third-order valence-corrected chi connectivity index (χ3v) is 25.5. The number of hydrogen-bond acceptors (Lipinski definition) is 5. The van der Waals surface area contributed by atoms with Crippen molar-refractivity contribution in [3.05, 3.63) is 170 Å². The van der Waals surface area contributed by atoms with Crippen LogP contribution in [0.2, 0.25) is 0 Å². The second-order valence-electron chi connectivity index (χ2n) is 28.5. The first-order valence-corrected chi connectivity index (χ1v) is 31.9. The standard InChI is InChI=1S/C75H82N2O4/c1-45-25-27-58(69(80)81)68-64(78)43-75-60-38-49-18-7-6-17-47(49)36-53(60)37-54(71(68,75)2)40-62-63(75)42-72-30-14-32-73-31-11-10-23-56(67-57-22-9-8-19-51(57)39-61(59(67)41-72)74(62,70(72)73)33-29-65(73)79)50-21-12-20-48(35-50)52-26-28-66(77-44-52)76-34-13-24-55(45)46-15-4-3-5-16-46/h6-9,12,14,17-22,26,28,30,35-36,38-39,41,46,53-56,58,60-61,64-65,68,70,76-79H,1,3-5,13,15-16,23-25,27,29,31-34,37,40,42-44H2,2H3,(H,80,81). The van der Waals surface area contributed by atoms with Crippen molar-refractivity contribution in [2.45, 2.75) is 141 Å². The predicted molar refractivity (Wildman–Crippen MR) is 323 cm³/mol. The summed E-state index contributed by atoms with van der Waals surface area (Å²) < 4.78 is 0. The second-order valence-corrected chi connectivity index (χ2v) is 28.5. The number of aliphatic hydroxyl groups is 2. The minimum atomic E-state index is -0.777. The van der Waals surface area contributed by atoms with E-state index in [2.05, 4.69) is 151 Å². The zero-order valence-corrected chi connectivity index (χ0v) is 47.6. The first-order chi connectivity index (χ1) is 39.5. The lowest BCUT2D eigenvalue weighted by Crippen LogP contribution is -2.70. The van der Waals surface area contributed by atoms with Crippen molar-refractivity contribution in [1.29, 1.82) is 0 Å². The molecule has 0 radical (unpaired) electrons. The number of hydrogen-bond donors (Lipinski definition) is 5. The average molecular weight is 1080 g/mol. The highest BCUT2D eigenvalue weighted by molar-refractivity contribution is 5.81. The molecule has 2 spiro atoms. The number of aliphatic hydroxyl groups excluding tert-OH is 2. The lowest BCUT2D eigenvalue weighted by molar-refractivity contribution is -0.179. The molecular formula is C75H82N2O4. The average Bonchev–Trinajstić information content (AvgIpc) is 3.46. The SMILES string of the molecule is C=C1CCC(C(=O)O)C2C(O)CC34C5=C(CC(CC6C=c7ccccc7=CC63)C24C)C23CCC(O)C46CC#CCC(C7=c8ccccc8=CC2C7=CC(C=CC4)(C5)C63)c2cccc(c2)C2=CC=C(NCCCC1C1CCCCC1)NC2. The Hall–Kier alpha value is -5.87. The van der Waals surface area contributed by atoms with Gasteiger partial charge in [-0.2, -0.15) is 0 Å². The summed E-state index contributed by atoms with van der Waals surface area (Å²) in [5.74, 6) is 8.62. The van der Waals surface area contributed by atoms with Crippen molar-refractivity contribution in [1.82, 2.24) is 10.6 Å². The molecule has 20 rings (SSSR count). The Labute approximate surface area is 479 Å². The molecule has 6 nitrogen and oxygen atoms in total. The molecule has 6 heteroatoms. The molecule has 6 aliphatic heterocycles. The molecule has 16 atom stereocenters. The molecule has 81 heavy (non-hydrogen) atoms. The predicted octanol–water partition coefficient (Wildman–Crippen LogP) is 10.9. The number of rotatable bonds is 2. The second kappa shape index (κ2) is 18.6. The molecule has 0 saturated heterocycles. The van der Waals surface area contributed by atoms with Gasteiger partial charge >= 0.3 is 5.97 Å². The Morgan fingerprint density at radius 1 is 0.840 bits per heavy atom. The summed E-state index contributed by atoms with van der Waals surface area (Å²) in [4.78, 5) is 14.6. The van der Waals surface area contributed by atoms with Gasteiger partial charge in [0.15, 0.2) is 0 Å². The molecule has 3 aromatic carbocycles. The van der Waals surface area contributed by atoms with Gasteiger partial charge in [0, 0.05) is 65.3 Å². The monoisotopic (exact) mass is 1070 g/mol. The van der Waals surface area contributed by atoms with Gasteiger partial charge in [0.05, 0.1) is 23.9 Å². The first kappa shape index (κ1) is 50.8. The van der Waals surface area contributed by atoms with Crippen LogP contribution in [-0.4, -0.2) is 46.6 Å². The Kier molecular flexibility index (Phi) is 11.6. The first-order valence-electron chi connectivity index (χ1n) is 31.9. The summed E-state index contributed by atoms with van der Waals surface area (Å²) in [6.45, 7) is 9.04. The molecule has 0 amide bonds. The minimum absolute atomic E-state index is 0.0142. The van der Waals surface area contributed by atoms with Crippen molar-refractivity contribution in [3.8, 4) is 11.8 Å². The van der Waals surface area contributed by atoms with E-state index in [4.69, 9.17) is 6.58 Å². The molecule has 18 bridgehead atoms. The van der Waals surface area contributed by atoms with Gasteiger partial charge in [0.25, 0.3) is 0 Å². The van der Waals surface area contributed by atoms with Crippen LogP contribution in [0, 0.1) is 92.2 Å². The largest absolute Gasteiger partial charge is 0.481 e. The third-order valence-electron chi connectivity index (χ3n) is 25.5. The summed E-state index contributed by atoms with van der Waals surface area (Å²) in [6, 6.07) is 27.6. The molecule has 3 aromatic rings. The fourth-order valence-electron chi connectivity index (χ4n) is 22.6. The summed E-state index contributed by atoms with van der Waals surface area (Å²) in [5, 5.41) is 51.3. The highest BCUT2D eigenvalue weighted by atomic mass is 16.4. The molecule has 11 aliphatic carbocycles. The van der Waals surface area contributed by atoms with Gasteiger partial charge in [-0.3, -0.25) is 4.79 Å². The van der Waals surface area contributed by atoms with E-state index in [0.717, 1.165) is 70.3 Å². The molecule has 6 heterocycles. The van der Waals surface area contributed by atoms with E-state index in [-0.39, 0.29) is 40.9 Å². The lowest BCUT2D eigenvalue weighted by Gasteiger charge is -2.75. The number of carboxylic acids is 1. The number of aliphatic carboxylic acids is 1. The highest BCUT2D eigenvalue weighted by Crippen LogP contribution is 2.84. The molecule has 17 aliphatic rings. The van der Waals surface area contributed by atoms with Crippen LogP contribution < -0.4 is 31.5 Å². The Morgan fingerprint density at radius 3 is 2.49 bits per heavy atom. The van der Waals surface area contributed by atoms with E-state index < -0.39 is 51.7 Å². The van der Waals surface area contributed by atoms with Crippen molar-refractivity contribution in [3.63, 3.8) is 0 Å². The Bertz CT molecular complexity index is 3710. The molecule has 16 unspecified atom stereocenters. The van der Waals surface area contributed by atoms with E-state index in [9.17, 15) is 20.1 Å². The molecular weight excluding hydrogens is 993 g/mol. The number of fused-ring (bicyclic) bond motifs is 3. The quantitative estimate of drug-likeness (QED) is 0.129. The maximum Gasteiger partial charge on any atom is 0.306 e. The van der Waals surface area contributed by atoms with Gasteiger partial charge in [-0.25, -0.2) is 0 Å². The smallest absolute Gasteiger partial charge is 0.306 e.